The van der Waals surface area contributed by atoms with Crippen LogP contribution in [0.15, 0.2) is 60.7 Å². The van der Waals surface area contributed by atoms with Crippen molar-refractivity contribution >= 4 is 28.8 Å². The van der Waals surface area contributed by atoms with Gasteiger partial charge in [-0.25, -0.2) is 4.90 Å². The molecule has 2 aromatic carbocycles. The Morgan fingerprint density at radius 3 is 2.18 bits per heavy atom. The Hall–Kier alpha value is -2.88. The topological polar surface area (TPSA) is 49.4 Å². The standard InChI is InChI=1S/C30H36N2O2/c1-2-3-4-5-6-7-8-10-15-21-20-24-23-18-13-14-19-25(23)31-28(24)27-26(21)29(33)32(30(27)34)22-16-11-9-12-17-22/h9,11-14,16-21,26-28,31H,2-8,10,15H2,1H3/t21-,26-,27-,28?/m1/s1. The summed E-state index contributed by atoms with van der Waals surface area (Å²) in [6.07, 6.45) is 13.5. The molecular weight excluding hydrogens is 420 g/mol. The van der Waals surface area contributed by atoms with Gasteiger partial charge in [0, 0.05) is 11.3 Å². The van der Waals surface area contributed by atoms with Crippen LogP contribution in [0.4, 0.5) is 11.4 Å². The number of para-hydroxylation sites is 2. The first-order valence-electron chi connectivity index (χ1n) is 13.2. The fourth-order valence-corrected chi connectivity index (χ4v) is 6.21. The molecule has 34 heavy (non-hydrogen) atoms. The molecule has 1 unspecified atom stereocenters. The molecule has 4 heteroatoms. The van der Waals surface area contributed by atoms with Crippen LogP contribution in [0.5, 0.6) is 0 Å². The van der Waals surface area contributed by atoms with Crippen LogP contribution in [-0.2, 0) is 9.59 Å². The van der Waals surface area contributed by atoms with E-state index in [1.54, 1.807) is 0 Å². The summed E-state index contributed by atoms with van der Waals surface area (Å²) >= 11 is 0. The van der Waals surface area contributed by atoms with E-state index < -0.39 is 0 Å². The van der Waals surface area contributed by atoms with Crippen molar-refractivity contribution in [2.45, 2.75) is 70.8 Å². The Morgan fingerprint density at radius 1 is 0.765 bits per heavy atom. The molecule has 2 heterocycles. The molecule has 2 amide bonds. The molecule has 178 valence electrons. The van der Waals surface area contributed by atoms with Gasteiger partial charge in [0.2, 0.25) is 11.8 Å². The smallest absolute Gasteiger partial charge is 0.240 e. The maximum atomic E-state index is 13.7. The first-order valence-corrected chi connectivity index (χ1v) is 13.2. The first-order chi connectivity index (χ1) is 16.7. The molecule has 0 bridgehead atoms. The van der Waals surface area contributed by atoms with Gasteiger partial charge in [-0.2, -0.15) is 0 Å². The zero-order valence-electron chi connectivity index (χ0n) is 20.2. The van der Waals surface area contributed by atoms with E-state index in [-0.39, 0.29) is 35.6 Å². The summed E-state index contributed by atoms with van der Waals surface area (Å²) in [7, 11) is 0. The van der Waals surface area contributed by atoms with Crippen molar-refractivity contribution < 1.29 is 9.59 Å². The average molecular weight is 457 g/mol. The molecule has 0 aromatic heterocycles. The van der Waals surface area contributed by atoms with Crippen molar-refractivity contribution in [2.75, 3.05) is 10.2 Å². The van der Waals surface area contributed by atoms with Crippen molar-refractivity contribution in [1.29, 1.82) is 0 Å². The van der Waals surface area contributed by atoms with Crippen molar-refractivity contribution in [3.8, 4) is 0 Å². The van der Waals surface area contributed by atoms with Gasteiger partial charge in [0.15, 0.2) is 0 Å². The summed E-state index contributed by atoms with van der Waals surface area (Å²) in [6, 6.07) is 17.6. The van der Waals surface area contributed by atoms with Crippen molar-refractivity contribution in [2.24, 2.45) is 17.8 Å². The summed E-state index contributed by atoms with van der Waals surface area (Å²) in [5.41, 5.74) is 4.15. The van der Waals surface area contributed by atoms with Crippen LogP contribution in [0.3, 0.4) is 0 Å². The van der Waals surface area contributed by atoms with E-state index >= 15 is 0 Å². The van der Waals surface area contributed by atoms with E-state index in [1.807, 2.05) is 36.4 Å². The Labute approximate surface area is 203 Å². The number of anilines is 2. The van der Waals surface area contributed by atoms with E-state index in [9.17, 15) is 9.59 Å². The summed E-state index contributed by atoms with van der Waals surface area (Å²) < 4.78 is 0. The molecule has 1 aliphatic carbocycles. The number of benzene rings is 2. The molecule has 2 aromatic rings. The van der Waals surface area contributed by atoms with Gasteiger partial charge >= 0.3 is 0 Å². The van der Waals surface area contributed by atoms with Gasteiger partial charge in [0.05, 0.1) is 23.6 Å². The second kappa shape index (κ2) is 10.2. The lowest BCUT2D eigenvalue weighted by atomic mass is 9.70. The van der Waals surface area contributed by atoms with Crippen LogP contribution in [0.1, 0.15) is 70.3 Å². The molecule has 2 aliphatic heterocycles. The van der Waals surface area contributed by atoms with E-state index in [2.05, 4.69) is 36.5 Å². The molecule has 4 nitrogen and oxygen atoms in total. The highest BCUT2D eigenvalue weighted by Crippen LogP contribution is 2.51. The number of unbranched alkanes of at least 4 members (excludes halogenated alkanes) is 7. The zero-order chi connectivity index (χ0) is 23.5. The molecule has 0 saturated carbocycles. The van der Waals surface area contributed by atoms with Crippen LogP contribution in [0, 0.1) is 17.8 Å². The number of rotatable bonds is 10. The lowest BCUT2D eigenvalue weighted by Crippen LogP contribution is -2.41. The van der Waals surface area contributed by atoms with Crippen molar-refractivity contribution in [3.63, 3.8) is 0 Å². The van der Waals surface area contributed by atoms with E-state index in [4.69, 9.17) is 0 Å². The molecule has 1 saturated heterocycles. The zero-order valence-corrected chi connectivity index (χ0v) is 20.2. The highest BCUT2D eigenvalue weighted by Gasteiger charge is 2.57. The fraction of sp³-hybridized carbons (Fsp3) is 0.467. The van der Waals surface area contributed by atoms with Gasteiger partial charge in [-0.1, -0.05) is 101 Å². The van der Waals surface area contributed by atoms with Crippen LogP contribution < -0.4 is 10.2 Å². The summed E-state index contributed by atoms with van der Waals surface area (Å²) in [6.45, 7) is 2.25. The number of hydrogen-bond acceptors (Lipinski definition) is 3. The lowest BCUT2D eigenvalue weighted by Gasteiger charge is -2.33. The Morgan fingerprint density at radius 2 is 1.41 bits per heavy atom. The second-order valence-corrected chi connectivity index (χ2v) is 10.1. The number of allylic oxidation sites excluding steroid dienone is 1. The average Bonchev–Trinajstić information content (AvgIpc) is 3.36. The van der Waals surface area contributed by atoms with Crippen LogP contribution in [0.25, 0.3) is 5.57 Å². The minimum atomic E-state index is -0.348. The third kappa shape index (κ3) is 4.19. The van der Waals surface area contributed by atoms with Gasteiger partial charge in [-0.05, 0) is 36.1 Å². The van der Waals surface area contributed by atoms with E-state index in [0.717, 1.165) is 18.5 Å². The number of carbonyl (C=O) groups excluding carboxylic acids is 2. The third-order valence-electron chi connectivity index (χ3n) is 7.90. The molecule has 1 N–H and O–H groups in total. The Bertz CT molecular complexity index is 1060. The maximum absolute atomic E-state index is 13.7. The third-order valence-corrected chi connectivity index (χ3v) is 7.90. The Kier molecular flexibility index (Phi) is 6.85. The first kappa shape index (κ1) is 22.9. The molecular formula is C30H36N2O2. The van der Waals surface area contributed by atoms with Gasteiger partial charge in [-0.3, -0.25) is 9.59 Å². The number of nitrogens with one attached hydrogen (secondary N) is 1. The molecule has 4 atom stereocenters. The van der Waals surface area contributed by atoms with Crippen LogP contribution in [-0.4, -0.2) is 17.9 Å². The molecule has 5 rings (SSSR count). The monoisotopic (exact) mass is 456 g/mol. The van der Waals surface area contributed by atoms with E-state index in [0.29, 0.717) is 5.69 Å². The highest BCUT2D eigenvalue weighted by molar-refractivity contribution is 6.23. The highest BCUT2D eigenvalue weighted by atomic mass is 16.2. The number of fused-ring (bicyclic) bond motifs is 5. The Balaban J connectivity index is 1.36. The normalized spacial score (nSPS) is 25.0. The van der Waals surface area contributed by atoms with Crippen molar-refractivity contribution in [1.82, 2.24) is 0 Å². The SMILES string of the molecule is CCCCCCCCCC[C@@H]1C=C2c3ccccc3NC2[C@@H]2C(=O)N(c3ccccc3)C(=O)[C@H]12. The molecule has 0 radical (unpaired) electrons. The van der Waals surface area contributed by atoms with Gasteiger partial charge < -0.3 is 5.32 Å². The largest absolute Gasteiger partial charge is 0.377 e. The number of carbonyl (C=O) groups is 2. The fourth-order valence-electron chi connectivity index (χ4n) is 6.21. The molecule has 3 aliphatic rings. The van der Waals surface area contributed by atoms with Crippen LogP contribution >= 0.6 is 0 Å². The van der Waals surface area contributed by atoms with Gasteiger partial charge in [-0.15, -0.1) is 0 Å². The predicted molar refractivity (Wildman–Crippen MR) is 138 cm³/mol. The minimum absolute atomic E-state index is 0.0289. The van der Waals surface area contributed by atoms with Gasteiger partial charge in [0.1, 0.15) is 0 Å². The molecule has 1 fully saturated rings. The summed E-state index contributed by atoms with van der Waals surface area (Å²) in [5, 5.41) is 3.58. The maximum Gasteiger partial charge on any atom is 0.240 e. The van der Waals surface area contributed by atoms with Crippen molar-refractivity contribution in [3.05, 3.63) is 66.2 Å². The minimum Gasteiger partial charge on any atom is -0.377 e. The number of amides is 2. The van der Waals surface area contributed by atoms with Gasteiger partial charge in [0.25, 0.3) is 0 Å². The number of hydrogen-bond donors (Lipinski definition) is 1. The quantitative estimate of drug-likeness (QED) is 0.315. The van der Waals surface area contributed by atoms with Crippen LogP contribution in [0.2, 0.25) is 0 Å². The summed E-state index contributed by atoms with van der Waals surface area (Å²) in [4.78, 5) is 28.9. The number of nitrogens with zero attached hydrogens (tertiary/aromatic N) is 1. The second-order valence-electron chi connectivity index (χ2n) is 10.1. The lowest BCUT2D eigenvalue weighted by molar-refractivity contribution is -0.122. The molecule has 0 spiro atoms. The summed E-state index contributed by atoms with van der Waals surface area (Å²) in [5.74, 6) is -0.613. The predicted octanol–water partition coefficient (Wildman–Crippen LogP) is 6.83. The number of imide groups is 1. The van der Waals surface area contributed by atoms with E-state index in [1.165, 1.54) is 61.0 Å².